The Bertz CT molecular complexity index is 1250. The first kappa shape index (κ1) is 28.7. The number of ketones is 1. The van der Waals surface area contributed by atoms with E-state index in [2.05, 4.69) is 5.32 Å². The van der Waals surface area contributed by atoms with Crippen LogP contribution in [0.15, 0.2) is 66.7 Å². The molecule has 2 saturated heterocycles. The fraction of sp³-hybridized carbons (Fsp3) is 0.387. The molecule has 40 heavy (non-hydrogen) atoms. The van der Waals surface area contributed by atoms with E-state index in [1.54, 1.807) is 6.08 Å². The number of nitrogens with zero attached hydrogens (tertiary/aromatic N) is 2. The molecule has 2 heterocycles. The number of hydrogen-bond donors (Lipinski definition) is 2. The number of hydrogen-bond acceptors (Lipinski definition) is 5. The number of aliphatic carboxylic acids is 1. The molecule has 0 aromatic heterocycles. The second-order valence-electron chi connectivity index (χ2n) is 10.2. The number of benzene rings is 2. The van der Waals surface area contributed by atoms with E-state index in [1.807, 2.05) is 60.7 Å². The van der Waals surface area contributed by atoms with Crippen molar-refractivity contribution < 1.29 is 29.1 Å². The Hall–Kier alpha value is -4.27. The third-order valence-electron chi connectivity index (χ3n) is 7.48. The molecule has 2 aliphatic rings. The summed E-state index contributed by atoms with van der Waals surface area (Å²) in [5.41, 5.74) is 1.73. The molecule has 0 bridgehead atoms. The maximum Gasteiger partial charge on any atom is 0.326 e. The van der Waals surface area contributed by atoms with Gasteiger partial charge in [-0.1, -0.05) is 60.7 Å². The topological polar surface area (TPSA) is 124 Å². The average Bonchev–Trinajstić information content (AvgIpc) is 3.66. The van der Waals surface area contributed by atoms with Gasteiger partial charge in [0.25, 0.3) is 0 Å². The normalized spacial score (nSPS) is 19.5. The van der Waals surface area contributed by atoms with Crippen LogP contribution in [0.1, 0.15) is 49.7 Å². The molecule has 0 radical (unpaired) electrons. The first-order chi connectivity index (χ1) is 19.3. The molecule has 2 aliphatic heterocycles. The van der Waals surface area contributed by atoms with Crippen LogP contribution in [-0.4, -0.2) is 75.6 Å². The van der Waals surface area contributed by atoms with Gasteiger partial charge in [0.05, 0.1) is 6.04 Å². The van der Waals surface area contributed by atoms with Gasteiger partial charge in [-0.05, 0) is 49.3 Å². The lowest BCUT2D eigenvalue weighted by Gasteiger charge is -2.30. The molecule has 4 rings (SSSR count). The summed E-state index contributed by atoms with van der Waals surface area (Å²) < 4.78 is 0. The van der Waals surface area contributed by atoms with Gasteiger partial charge in [-0.25, -0.2) is 4.79 Å². The number of carboxylic acids is 1. The van der Waals surface area contributed by atoms with Gasteiger partial charge in [-0.2, -0.15) is 0 Å². The summed E-state index contributed by atoms with van der Waals surface area (Å²) in [6, 6.07) is 16.3. The number of carboxylic acid groups (broad SMARTS) is 1. The van der Waals surface area contributed by atoms with Gasteiger partial charge >= 0.3 is 5.97 Å². The van der Waals surface area contributed by atoms with Crippen LogP contribution in [0.25, 0.3) is 6.08 Å². The molecular weight excluding hydrogens is 510 g/mol. The highest BCUT2D eigenvalue weighted by Crippen LogP contribution is 2.26. The largest absolute Gasteiger partial charge is 0.480 e. The lowest BCUT2D eigenvalue weighted by Crippen LogP contribution is -2.51. The van der Waals surface area contributed by atoms with Crippen LogP contribution in [0.5, 0.6) is 0 Å². The third-order valence-corrected chi connectivity index (χ3v) is 7.48. The summed E-state index contributed by atoms with van der Waals surface area (Å²) >= 11 is 0. The number of likely N-dealkylation sites (tertiary alicyclic amines) is 2. The van der Waals surface area contributed by atoms with E-state index in [9.17, 15) is 29.1 Å². The quantitative estimate of drug-likeness (QED) is 0.419. The summed E-state index contributed by atoms with van der Waals surface area (Å²) in [6.07, 6.45) is 5.30. The second kappa shape index (κ2) is 13.7. The Kier molecular flexibility index (Phi) is 9.83. The minimum absolute atomic E-state index is 0.0854. The summed E-state index contributed by atoms with van der Waals surface area (Å²) in [7, 11) is 0. The fourth-order valence-corrected chi connectivity index (χ4v) is 5.40. The van der Waals surface area contributed by atoms with E-state index in [0.29, 0.717) is 38.8 Å². The molecular formula is C31H35N3O6. The zero-order chi connectivity index (χ0) is 28.5. The number of carbonyl (C=O) groups excluding carboxylic acids is 4. The van der Waals surface area contributed by atoms with Crippen molar-refractivity contribution in [2.75, 3.05) is 13.1 Å². The lowest BCUT2D eigenvalue weighted by atomic mass is 9.99. The highest BCUT2D eigenvalue weighted by Gasteiger charge is 2.42. The van der Waals surface area contributed by atoms with Crippen molar-refractivity contribution in [1.29, 1.82) is 0 Å². The van der Waals surface area contributed by atoms with Crippen molar-refractivity contribution in [3.8, 4) is 0 Å². The number of carbonyl (C=O) groups is 5. The highest BCUT2D eigenvalue weighted by molar-refractivity contribution is 5.97. The molecule has 2 aromatic carbocycles. The minimum atomic E-state index is -1.03. The van der Waals surface area contributed by atoms with Gasteiger partial charge in [0.1, 0.15) is 12.1 Å². The lowest BCUT2D eigenvalue weighted by molar-refractivity contribution is -0.151. The standard InChI is InChI=1S/C31H35N3O6/c35-27(16-18-29(37)33-19-7-13-25(33)30(38)34-20-8-14-26(34)31(39)40)24(21-23-11-5-2-6-12-23)32-28(36)17-15-22-9-3-1-4-10-22/h1-6,9-12,15,17,24-26H,7-8,13-14,16,18-21H2,(H,32,36)(H,39,40)/b17-15+/t24?,25-,26-/m0/s1. The number of nitrogens with one attached hydrogen (secondary N) is 1. The molecule has 1 unspecified atom stereocenters. The summed E-state index contributed by atoms with van der Waals surface area (Å²) in [6.45, 7) is 0.760. The SMILES string of the molecule is O=C(/C=C/c1ccccc1)NC(Cc1ccccc1)C(=O)CCC(=O)N1CCC[C@H]1C(=O)N1CCC[C@H]1C(=O)O. The molecule has 3 amide bonds. The second-order valence-corrected chi connectivity index (χ2v) is 10.2. The zero-order valence-electron chi connectivity index (χ0n) is 22.4. The van der Waals surface area contributed by atoms with Gasteiger partial charge in [-0.3, -0.25) is 19.2 Å². The molecule has 0 aliphatic carbocycles. The molecule has 210 valence electrons. The zero-order valence-corrected chi connectivity index (χ0v) is 22.4. The van der Waals surface area contributed by atoms with Crippen LogP contribution in [0, 0.1) is 0 Å². The van der Waals surface area contributed by atoms with Gasteiger partial charge in [-0.15, -0.1) is 0 Å². The average molecular weight is 546 g/mol. The fourth-order valence-electron chi connectivity index (χ4n) is 5.40. The van der Waals surface area contributed by atoms with Gasteiger partial charge in [0.15, 0.2) is 5.78 Å². The van der Waals surface area contributed by atoms with Crippen LogP contribution in [0.3, 0.4) is 0 Å². The van der Waals surface area contributed by atoms with E-state index in [1.165, 1.54) is 15.9 Å². The first-order valence-electron chi connectivity index (χ1n) is 13.8. The Labute approximate surface area is 233 Å². The van der Waals surface area contributed by atoms with Crippen LogP contribution < -0.4 is 5.32 Å². The number of Topliss-reactive ketones (excluding diaryl/α,β-unsaturated/α-hetero) is 1. The molecule has 9 nitrogen and oxygen atoms in total. The van der Waals surface area contributed by atoms with Crippen LogP contribution in [0.4, 0.5) is 0 Å². The number of amides is 3. The van der Waals surface area contributed by atoms with Crippen molar-refractivity contribution in [3.63, 3.8) is 0 Å². The first-order valence-corrected chi connectivity index (χ1v) is 13.8. The summed E-state index contributed by atoms with van der Waals surface area (Å²) in [4.78, 5) is 66.7. The van der Waals surface area contributed by atoms with Gasteiger partial charge < -0.3 is 20.2 Å². The molecule has 3 atom stereocenters. The van der Waals surface area contributed by atoms with Crippen molar-refractivity contribution in [1.82, 2.24) is 15.1 Å². The monoisotopic (exact) mass is 545 g/mol. The van der Waals surface area contributed by atoms with Crippen molar-refractivity contribution in [3.05, 3.63) is 77.9 Å². The smallest absolute Gasteiger partial charge is 0.326 e. The van der Waals surface area contributed by atoms with E-state index >= 15 is 0 Å². The van der Waals surface area contributed by atoms with Gasteiger partial charge in [0, 0.05) is 32.0 Å². The van der Waals surface area contributed by atoms with Crippen LogP contribution in [0.2, 0.25) is 0 Å². The van der Waals surface area contributed by atoms with Crippen LogP contribution >= 0.6 is 0 Å². The molecule has 0 spiro atoms. The van der Waals surface area contributed by atoms with Gasteiger partial charge in [0.2, 0.25) is 17.7 Å². The maximum absolute atomic E-state index is 13.3. The minimum Gasteiger partial charge on any atom is -0.480 e. The maximum atomic E-state index is 13.3. The Morgan fingerprint density at radius 3 is 2.15 bits per heavy atom. The van der Waals surface area contributed by atoms with E-state index in [-0.39, 0.29) is 36.9 Å². The molecule has 2 N–H and O–H groups in total. The highest BCUT2D eigenvalue weighted by atomic mass is 16.4. The Morgan fingerprint density at radius 1 is 0.850 bits per heavy atom. The Balaban J connectivity index is 1.38. The summed E-state index contributed by atoms with van der Waals surface area (Å²) in [5, 5.41) is 12.3. The molecule has 2 aromatic rings. The predicted molar refractivity (Wildman–Crippen MR) is 149 cm³/mol. The van der Waals surface area contributed by atoms with E-state index in [0.717, 1.165) is 11.1 Å². The number of rotatable bonds is 11. The predicted octanol–water partition coefficient (Wildman–Crippen LogP) is 2.84. The van der Waals surface area contributed by atoms with Crippen molar-refractivity contribution in [2.45, 2.75) is 63.1 Å². The van der Waals surface area contributed by atoms with Crippen molar-refractivity contribution in [2.24, 2.45) is 0 Å². The van der Waals surface area contributed by atoms with E-state index < -0.39 is 30.0 Å². The van der Waals surface area contributed by atoms with E-state index in [4.69, 9.17) is 0 Å². The molecule has 0 saturated carbocycles. The third kappa shape index (κ3) is 7.43. The Morgan fingerprint density at radius 2 is 1.48 bits per heavy atom. The molecule has 9 heteroatoms. The van der Waals surface area contributed by atoms with Crippen LogP contribution in [-0.2, 0) is 30.4 Å². The van der Waals surface area contributed by atoms with Crippen molar-refractivity contribution >= 4 is 35.6 Å². The summed E-state index contributed by atoms with van der Waals surface area (Å²) in [5.74, 6) is -2.36. The molecule has 2 fully saturated rings.